The van der Waals surface area contributed by atoms with Gasteiger partial charge in [-0.05, 0) is 37.4 Å². The fourth-order valence-corrected chi connectivity index (χ4v) is 2.91. The maximum atomic E-state index is 3.59. The van der Waals surface area contributed by atoms with Gasteiger partial charge in [-0.3, -0.25) is 0 Å². The van der Waals surface area contributed by atoms with E-state index in [2.05, 4.69) is 52.7 Å². The van der Waals surface area contributed by atoms with Crippen molar-refractivity contribution >= 4 is 16.5 Å². The Balaban J connectivity index is 1.62. The second kappa shape index (κ2) is 6.07. The monoisotopic (exact) mass is 254 g/mol. The highest BCUT2D eigenvalue weighted by atomic mass is 15.1. The first-order chi connectivity index (χ1) is 9.43. The Kier molecular flexibility index (Phi) is 3.99. The Morgan fingerprint density at radius 2 is 1.68 bits per heavy atom. The SMILES string of the molecule is c1ccc2c(NCCN3CCCCC3)cccc2c1. The normalized spacial score (nSPS) is 16.6. The lowest BCUT2D eigenvalue weighted by Crippen LogP contribution is -2.33. The summed E-state index contributed by atoms with van der Waals surface area (Å²) in [6.45, 7) is 4.74. The molecule has 0 saturated carbocycles. The summed E-state index contributed by atoms with van der Waals surface area (Å²) in [5.74, 6) is 0. The smallest absolute Gasteiger partial charge is 0.0420 e. The van der Waals surface area contributed by atoms with Crippen LogP contribution in [-0.4, -0.2) is 31.1 Å². The van der Waals surface area contributed by atoms with Crippen molar-refractivity contribution in [2.24, 2.45) is 0 Å². The predicted octanol–water partition coefficient (Wildman–Crippen LogP) is 3.74. The zero-order valence-electron chi connectivity index (χ0n) is 11.4. The minimum Gasteiger partial charge on any atom is -0.383 e. The lowest BCUT2D eigenvalue weighted by atomic mass is 10.1. The summed E-state index contributed by atoms with van der Waals surface area (Å²) in [7, 11) is 0. The van der Waals surface area contributed by atoms with E-state index in [-0.39, 0.29) is 0 Å². The lowest BCUT2D eigenvalue weighted by molar-refractivity contribution is 0.237. The molecule has 2 aromatic carbocycles. The first kappa shape index (κ1) is 12.5. The van der Waals surface area contributed by atoms with Crippen molar-refractivity contribution in [1.29, 1.82) is 0 Å². The van der Waals surface area contributed by atoms with E-state index in [1.807, 2.05) is 0 Å². The molecule has 2 nitrogen and oxygen atoms in total. The largest absolute Gasteiger partial charge is 0.383 e. The topological polar surface area (TPSA) is 15.3 Å². The highest BCUT2D eigenvalue weighted by Gasteiger charge is 2.09. The summed E-state index contributed by atoms with van der Waals surface area (Å²) in [6.07, 6.45) is 4.15. The number of piperidine rings is 1. The van der Waals surface area contributed by atoms with Crippen LogP contribution in [-0.2, 0) is 0 Å². The second-order valence-corrected chi connectivity index (χ2v) is 5.36. The van der Waals surface area contributed by atoms with Crippen LogP contribution in [0.2, 0.25) is 0 Å². The predicted molar refractivity (Wildman–Crippen MR) is 82.7 cm³/mol. The van der Waals surface area contributed by atoms with Gasteiger partial charge in [0.05, 0.1) is 0 Å². The Morgan fingerprint density at radius 1 is 0.895 bits per heavy atom. The summed E-state index contributed by atoms with van der Waals surface area (Å²) in [6, 6.07) is 15.1. The Labute approximate surface area is 115 Å². The van der Waals surface area contributed by atoms with Crippen molar-refractivity contribution in [3.63, 3.8) is 0 Å². The summed E-state index contributed by atoms with van der Waals surface area (Å²) >= 11 is 0. The molecule has 0 unspecified atom stereocenters. The van der Waals surface area contributed by atoms with Crippen LogP contribution in [0, 0.1) is 0 Å². The van der Waals surface area contributed by atoms with E-state index in [0.29, 0.717) is 0 Å². The van der Waals surface area contributed by atoms with Gasteiger partial charge in [-0.2, -0.15) is 0 Å². The summed E-state index contributed by atoms with van der Waals surface area (Å²) in [4.78, 5) is 2.57. The molecule has 19 heavy (non-hydrogen) atoms. The molecule has 3 rings (SSSR count). The van der Waals surface area contributed by atoms with Gasteiger partial charge in [0.25, 0.3) is 0 Å². The molecule has 0 radical (unpaired) electrons. The van der Waals surface area contributed by atoms with E-state index < -0.39 is 0 Å². The van der Waals surface area contributed by atoms with E-state index in [9.17, 15) is 0 Å². The average molecular weight is 254 g/mol. The van der Waals surface area contributed by atoms with Crippen LogP contribution >= 0.6 is 0 Å². The molecule has 2 heteroatoms. The summed E-state index contributed by atoms with van der Waals surface area (Å²) in [5, 5.41) is 6.23. The van der Waals surface area contributed by atoms with E-state index in [4.69, 9.17) is 0 Å². The number of rotatable bonds is 4. The highest BCUT2D eigenvalue weighted by molar-refractivity contribution is 5.93. The molecule has 1 aliphatic rings. The quantitative estimate of drug-likeness (QED) is 0.894. The number of anilines is 1. The number of nitrogens with one attached hydrogen (secondary N) is 1. The number of hydrogen-bond donors (Lipinski definition) is 1. The molecule has 2 aromatic rings. The summed E-state index contributed by atoms with van der Waals surface area (Å²) in [5.41, 5.74) is 1.26. The fraction of sp³-hybridized carbons (Fsp3) is 0.412. The van der Waals surface area contributed by atoms with Crippen LogP contribution in [0.3, 0.4) is 0 Å². The van der Waals surface area contributed by atoms with E-state index in [0.717, 1.165) is 13.1 Å². The molecule has 1 aliphatic heterocycles. The lowest BCUT2D eigenvalue weighted by Gasteiger charge is -2.26. The molecule has 100 valence electrons. The van der Waals surface area contributed by atoms with E-state index >= 15 is 0 Å². The van der Waals surface area contributed by atoms with Gasteiger partial charge in [0, 0.05) is 24.2 Å². The van der Waals surface area contributed by atoms with Crippen LogP contribution in [0.5, 0.6) is 0 Å². The van der Waals surface area contributed by atoms with Gasteiger partial charge in [0.1, 0.15) is 0 Å². The highest BCUT2D eigenvalue weighted by Crippen LogP contribution is 2.22. The minimum absolute atomic E-state index is 1.04. The third kappa shape index (κ3) is 3.07. The molecule has 1 saturated heterocycles. The van der Waals surface area contributed by atoms with E-state index in [1.165, 1.54) is 48.8 Å². The maximum Gasteiger partial charge on any atom is 0.0420 e. The van der Waals surface area contributed by atoms with Crippen LogP contribution in [0.1, 0.15) is 19.3 Å². The van der Waals surface area contributed by atoms with Crippen molar-refractivity contribution in [1.82, 2.24) is 4.90 Å². The molecule has 0 amide bonds. The van der Waals surface area contributed by atoms with Crippen LogP contribution in [0.25, 0.3) is 10.8 Å². The van der Waals surface area contributed by atoms with Gasteiger partial charge in [-0.1, -0.05) is 42.8 Å². The van der Waals surface area contributed by atoms with Crippen LogP contribution in [0.15, 0.2) is 42.5 Å². The Hall–Kier alpha value is -1.54. The molecule has 0 aliphatic carbocycles. The van der Waals surface area contributed by atoms with Crippen LogP contribution < -0.4 is 5.32 Å². The van der Waals surface area contributed by atoms with Gasteiger partial charge in [-0.25, -0.2) is 0 Å². The fourth-order valence-electron chi connectivity index (χ4n) is 2.91. The summed E-state index contributed by atoms with van der Waals surface area (Å²) < 4.78 is 0. The minimum atomic E-state index is 1.04. The number of likely N-dealkylation sites (tertiary alicyclic amines) is 1. The molecule has 1 heterocycles. The van der Waals surface area contributed by atoms with Gasteiger partial charge in [0.15, 0.2) is 0 Å². The van der Waals surface area contributed by atoms with Crippen LogP contribution in [0.4, 0.5) is 5.69 Å². The van der Waals surface area contributed by atoms with Crippen molar-refractivity contribution < 1.29 is 0 Å². The van der Waals surface area contributed by atoms with Gasteiger partial charge >= 0.3 is 0 Å². The van der Waals surface area contributed by atoms with E-state index in [1.54, 1.807) is 0 Å². The third-order valence-electron chi connectivity index (χ3n) is 3.98. The van der Waals surface area contributed by atoms with Gasteiger partial charge in [-0.15, -0.1) is 0 Å². The van der Waals surface area contributed by atoms with Gasteiger partial charge < -0.3 is 10.2 Å². The second-order valence-electron chi connectivity index (χ2n) is 5.36. The van der Waals surface area contributed by atoms with Crippen molar-refractivity contribution in [3.05, 3.63) is 42.5 Å². The van der Waals surface area contributed by atoms with Gasteiger partial charge in [0.2, 0.25) is 0 Å². The first-order valence-corrected chi connectivity index (χ1v) is 7.37. The molecule has 0 atom stereocenters. The number of hydrogen-bond acceptors (Lipinski definition) is 2. The van der Waals surface area contributed by atoms with Crippen molar-refractivity contribution in [2.45, 2.75) is 19.3 Å². The Bertz CT molecular complexity index is 524. The average Bonchev–Trinajstić information content (AvgIpc) is 2.49. The molecule has 1 fully saturated rings. The number of fused-ring (bicyclic) bond motifs is 1. The zero-order chi connectivity index (χ0) is 12.9. The molecule has 0 spiro atoms. The molecule has 0 aromatic heterocycles. The Morgan fingerprint density at radius 3 is 2.58 bits per heavy atom. The maximum absolute atomic E-state index is 3.59. The molecule has 1 N–H and O–H groups in total. The van der Waals surface area contributed by atoms with Crippen molar-refractivity contribution in [2.75, 3.05) is 31.5 Å². The first-order valence-electron chi connectivity index (χ1n) is 7.37. The number of benzene rings is 2. The zero-order valence-corrected chi connectivity index (χ0v) is 11.4. The molecular formula is C17H22N2. The molecule has 0 bridgehead atoms. The molecular weight excluding hydrogens is 232 g/mol. The third-order valence-corrected chi connectivity index (χ3v) is 3.98. The van der Waals surface area contributed by atoms with Crippen molar-refractivity contribution in [3.8, 4) is 0 Å². The standard InChI is InChI=1S/C17H22N2/c1-4-12-19(13-5-1)14-11-18-17-10-6-8-15-7-2-3-9-16(15)17/h2-3,6-10,18H,1,4-5,11-14H2. The number of nitrogens with zero attached hydrogens (tertiary/aromatic N) is 1.